The molecular weight excluding hydrogens is 440 g/mol. The zero-order valence-corrected chi connectivity index (χ0v) is 19.3. The monoisotopic (exact) mass is 466 g/mol. The van der Waals surface area contributed by atoms with Gasteiger partial charge in [0.2, 0.25) is 5.91 Å². The Labute approximate surface area is 196 Å². The number of anilines is 1. The van der Waals surface area contributed by atoms with Crippen molar-refractivity contribution in [3.8, 4) is 0 Å². The van der Waals surface area contributed by atoms with Crippen molar-refractivity contribution >= 4 is 40.6 Å². The maximum Gasteiger partial charge on any atom is 0.252 e. The summed E-state index contributed by atoms with van der Waals surface area (Å²) in [4.78, 5) is 31.2. The van der Waals surface area contributed by atoms with Crippen LogP contribution in [0.4, 0.5) is 5.69 Å². The summed E-state index contributed by atoms with van der Waals surface area (Å²) in [5.74, 6) is 0.773. The van der Waals surface area contributed by atoms with Crippen molar-refractivity contribution in [2.75, 3.05) is 25.0 Å². The van der Waals surface area contributed by atoms with Crippen molar-refractivity contribution in [3.63, 3.8) is 0 Å². The van der Waals surface area contributed by atoms with Gasteiger partial charge in [-0.1, -0.05) is 18.2 Å². The highest BCUT2D eigenvalue weighted by molar-refractivity contribution is 7.98. The first kappa shape index (κ1) is 22.5. The van der Waals surface area contributed by atoms with Crippen LogP contribution in [0.15, 0.2) is 70.5 Å². The van der Waals surface area contributed by atoms with Gasteiger partial charge in [-0.3, -0.25) is 14.5 Å². The van der Waals surface area contributed by atoms with Gasteiger partial charge in [-0.2, -0.15) is 11.3 Å². The van der Waals surface area contributed by atoms with Crippen molar-refractivity contribution in [2.24, 2.45) is 0 Å². The number of amides is 2. The van der Waals surface area contributed by atoms with Gasteiger partial charge in [-0.25, -0.2) is 4.98 Å². The van der Waals surface area contributed by atoms with Crippen molar-refractivity contribution in [3.05, 3.63) is 76.6 Å². The lowest BCUT2D eigenvalue weighted by atomic mass is 10.0. The summed E-state index contributed by atoms with van der Waals surface area (Å²) >= 11 is 3.19. The number of likely N-dealkylation sites (tertiary alicyclic amines) is 1. The lowest BCUT2D eigenvalue weighted by Gasteiger charge is -2.31. The van der Waals surface area contributed by atoms with Crippen LogP contribution < -0.4 is 10.6 Å². The average Bonchev–Trinajstić information content (AvgIpc) is 3.35. The van der Waals surface area contributed by atoms with Crippen molar-refractivity contribution in [1.82, 2.24) is 15.2 Å². The Morgan fingerprint density at radius 3 is 2.75 bits per heavy atom. The van der Waals surface area contributed by atoms with Crippen LogP contribution in [0.2, 0.25) is 0 Å². The summed E-state index contributed by atoms with van der Waals surface area (Å²) in [6.45, 7) is 1.95. The molecule has 4 rings (SSSR count). The second-order valence-corrected chi connectivity index (χ2v) is 9.52. The molecule has 8 heteroatoms. The smallest absolute Gasteiger partial charge is 0.252 e. The minimum atomic E-state index is -0.0136. The molecule has 1 aliphatic heterocycles. The fourth-order valence-corrected chi connectivity index (χ4v) is 5.07. The van der Waals surface area contributed by atoms with Gasteiger partial charge in [0.25, 0.3) is 5.91 Å². The van der Waals surface area contributed by atoms with E-state index in [4.69, 9.17) is 0 Å². The molecule has 0 spiro atoms. The second kappa shape index (κ2) is 11.3. The van der Waals surface area contributed by atoms with Crippen LogP contribution in [-0.4, -0.2) is 47.4 Å². The van der Waals surface area contributed by atoms with Crippen molar-refractivity contribution in [1.29, 1.82) is 0 Å². The summed E-state index contributed by atoms with van der Waals surface area (Å²) in [7, 11) is 0. The van der Waals surface area contributed by atoms with Crippen LogP contribution in [0.25, 0.3) is 0 Å². The number of carbonyl (C=O) groups excluding carboxylic acids is 2. The van der Waals surface area contributed by atoms with E-state index in [1.807, 2.05) is 53.2 Å². The third kappa shape index (κ3) is 6.66. The average molecular weight is 467 g/mol. The Bertz CT molecular complexity index is 1020. The summed E-state index contributed by atoms with van der Waals surface area (Å²) in [5, 5.41) is 10.9. The molecule has 0 unspecified atom stereocenters. The molecule has 1 fully saturated rings. The number of nitrogens with one attached hydrogen (secondary N) is 2. The van der Waals surface area contributed by atoms with E-state index in [2.05, 4.69) is 26.6 Å². The lowest BCUT2D eigenvalue weighted by Crippen LogP contribution is -2.46. The number of benzene rings is 1. The van der Waals surface area contributed by atoms with Crippen LogP contribution in [0.1, 0.15) is 28.8 Å². The van der Waals surface area contributed by atoms with Crippen molar-refractivity contribution in [2.45, 2.75) is 29.7 Å². The van der Waals surface area contributed by atoms with E-state index in [1.54, 1.807) is 18.0 Å². The molecule has 2 amide bonds. The Kier molecular flexibility index (Phi) is 7.92. The highest BCUT2D eigenvalue weighted by Gasteiger charge is 2.22. The van der Waals surface area contributed by atoms with Crippen molar-refractivity contribution < 1.29 is 9.59 Å². The van der Waals surface area contributed by atoms with Gasteiger partial charge < -0.3 is 10.6 Å². The number of hydrogen-bond donors (Lipinski definition) is 2. The SMILES string of the molecule is O=C(CN1CCC(NC(=O)c2ccsc2)CC1)Nc1cccc(CSc2ccccn2)c1. The molecule has 2 N–H and O–H groups in total. The predicted molar refractivity (Wildman–Crippen MR) is 130 cm³/mol. The third-order valence-electron chi connectivity index (χ3n) is 5.31. The fraction of sp³-hybridized carbons (Fsp3) is 0.292. The van der Waals surface area contributed by atoms with Crippen LogP contribution >= 0.6 is 23.1 Å². The zero-order chi connectivity index (χ0) is 22.2. The topological polar surface area (TPSA) is 74.3 Å². The minimum Gasteiger partial charge on any atom is -0.349 e. The molecule has 3 aromatic rings. The molecule has 0 atom stereocenters. The van der Waals surface area contributed by atoms with Gasteiger partial charge in [0.15, 0.2) is 0 Å². The van der Waals surface area contributed by atoms with E-state index < -0.39 is 0 Å². The summed E-state index contributed by atoms with van der Waals surface area (Å²) in [6, 6.07) is 15.8. The molecule has 6 nitrogen and oxygen atoms in total. The molecule has 0 radical (unpaired) electrons. The van der Waals surface area contributed by atoms with Gasteiger partial charge >= 0.3 is 0 Å². The quantitative estimate of drug-likeness (QED) is 0.485. The molecule has 166 valence electrons. The first-order valence-electron chi connectivity index (χ1n) is 10.6. The first-order valence-corrected chi connectivity index (χ1v) is 12.6. The predicted octanol–water partition coefficient (Wildman–Crippen LogP) is 4.27. The molecule has 1 saturated heterocycles. The number of carbonyl (C=O) groups is 2. The second-order valence-electron chi connectivity index (χ2n) is 7.74. The largest absolute Gasteiger partial charge is 0.349 e. The van der Waals surface area contributed by atoms with Crippen LogP contribution in [0.5, 0.6) is 0 Å². The standard InChI is InChI=1S/C24H26N4O2S2/c29-22(15-28-11-7-20(8-12-28)27-24(30)19-9-13-31-17-19)26-21-5-3-4-18(14-21)16-32-23-6-1-2-10-25-23/h1-6,9-10,13-14,17,20H,7-8,11-12,15-16H2,(H,26,29)(H,27,30). The maximum atomic E-state index is 12.5. The molecule has 0 saturated carbocycles. The summed E-state index contributed by atoms with van der Waals surface area (Å²) < 4.78 is 0. The van der Waals surface area contributed by atoms with Gasteiger partial charge in [0.05, 0.1) is 11.6 Å². The Morgan fingerprint density at radius 1 is 1.12 bits per heavy atom. The Morgan fingerprint density at radius 2 is 2.00 bits per heavy atom. The normalized spacial score (nSPS) is 14.8. The summed E-state index contributed by atoms with van der Waals surface area (Å²) in [6.07, 6.45) is 3.49. The van der Waals surface area contributed by atoms with Crippen LogP contribution in [0.3, 0.4) is 0 Å². The van der Waals surface area contributed by atoms with Crippen LogP contribution in [0, 0.1) is 0 Å². The zero-order valence-electron chi connectivity index (χ0n) is 17.7. The van der Waals surface area contributed by atoms with Gasteiger partial charge in [-0.05, 0) is 54.1 Å². The number of pyridine rings is 1. The number of aromatic nitrogens is 1. The number of piperidine rings is 1. The van der Waals surface area contributed by atoms with Gasteiger partial charge in [0, 0.05) is 47.7 Å². The number of thiophene rings is 1. The molecular formula is C24H26N4O2S2. The van der Waals surface area contributed by atoms with E-state index in [9.17, 15) is 9.59 Å². The molecule has 1 aliphatic rings. The Hall–Kier alpha value is -2.68. The highest BCUT2D eigenvalue weighted by atomic mass is 32.2. The van der Waals surface area contributed by atoms with E-state index in [-0.39, 0.29) is 17.9 Å². The molecule has 0 bridgehead atoms. The molecule has 32 heavy (non-hydrogen) atoms. The van der Waals surface area contributed by atoms with Gasteiger partial charge in [0.1, 0.15) is 0 Å². The van der Waals surface area contributed by atoms with Gasteiger partial charge in [-0.15, -0.1) is 11.8 Å². The first-order chi connectivity index (χ1) is 15.7. The molecule has 2 aromatic heterocycles. The van der Waals surface area contributed by atoms with E-state index in [1.165, 1.54) is 11.3 Å². The fourth-order valence-electron chi connectivity index (χ4n) is 3.63. The highest BCUT2D eigenvalue weighted by Crippen LogP contribution is 2.22. The minimum absolute atomic E-state index is 0.0106. The number of rotatable bonds is 8. The van der Waals surface area contributed by atoms with E-state index in [0.29, 0.717) is 6.54 Å². The Balaban J connectivity index is 1.20. The number of nitrogens with zero attached hydrogens (tertiary/aromatic N) is 2. The third-order valence-corrected chi connectivity index (χ3v) is 7.01. The number of thioether (sulfide) groups is 1. The maximum absolute atomic E-state index is 12.5. The number of hydrogen-bond acceptors (Lipinski definition) is 6. The molecule has 3 heterocycles. The summed E-state index contributed by atoms with van der Waals surface area (Å²) in [5.41, 5.74) is 2.67. The van der Waals surface area contributed by atoms with Crippen LogP contribution in [-0.2, 0) is 10.5 Å². The lowest BCUT2D eigenvalue weighted by molar-refractivity contribution is -0.117. The molecule has 0 aliphatic carbocycles. The van der Waals surface area contributed by atoms with E-state index in [0.717, 1.165) is 53.5 Å². The van der Waals surface area contributed by atoms with E-state index >= 15 is 0 Å². The molecule has 1 aromatic carbocycles.